The molecule has 0 spiro atoms. The monoisotopic (exact) mass is 270 g/mol. The van der Waals surface area contributed by atoms with Gasteiger partial charge in [-0.15, -0.1) is 0 Å². The van der Waals surface area contributed by atoms with Crippen molar-refractivity contribution in [3.63, 3.8) is 0 Å². The minimum atomic E-state index is -1.51. The normalized spacial score (nSPS) is 11.9. The molecule has 0 saturated heterocycles. The maximum atomic E-state index is 12.9. The van der Waals surface area contributed by atoms with Crippen LogP contribution in [0, 0.1) is 5.82 Å². The van der Waals surface area contributed by atoms with Crippen LogP contribution in [0.2, 0.25) is 19.1 Å². The molecular weight excluding hydrogens is 251 g/mol. The third kappa shape index (κ3) is 3.90. The first kappa shape index (κ1) is 13.8. The Morgan fingerprint density at radius 1 is 0.947 bits per heavy atom. The molecule has 2 rings (SSSR count). The number of hydrogen-bond donors (Lipinski definition) is 0. The van der Waals surface area contributed by atoms with Crippen molar-refractivity contribution in [1.82, 2.24) is 0 Å². The molecule has 0 fully saturated rings. The van der Waals surface area contributed by atoms with Crippen LogP contribution >= 0.6 is 0 Å². The molecule has 0 N–H and O–H groups in total. The standard InChI is InChI=1S/C17H19FSi/c1-19(2,17-12-10-16(18)11-13-17)14-6-9-15-7-4-3-5-8-15/h3-13H,14H2,1-2H3/b9-6+. The second-order valence-electron chi connectivity index (χ2n) is 5.41. The van der Waals surface area contributed by atoms with Crippen molar-refractivity contribution in [3.8, 4) is 0 Å². The molecule has 0 radical (unpaired) electrons. The average Bonchev–Trinajstić information content (AvgIpc) is 2.40. The van der Waals surface area contributed by atoms with Crippen molar-refractivity contribution in [3.05, 3.63) is 72.1 Å². The van der Waals surface area contributed by atoms with E-state index < -0.39 is 8.07 Å². The van der Waals surface area contributed by atoms with Gasteiger partial charge in [-0.1, -0.05) is 72.9 Å². The van der Waals surface area contributed by atoms with Crippen LogP contribution in [0.3, 0.4) is 0 Å². The molecule has 0 atom stereocenters. The summed E-state index contributed by atoms with van der Waals surface area (Å²) in [5.41, 5.74) is 1.23. The van der Waals surface area contributed by atoms with Crippen LogP contribution in [0.5, 0.6) is 0 Å². The lowest BCUT2D eigenvalue weighted by Crippen LogP contribution is -2.40. The van der Waals surface area contributed by atoms with Crippen molar-refractivity contribution in [2.45, 2.75) is 19.1 Å². The maximum absolute atomic E-state index is 12.9. The maximum Gasteiger partial charge on any atom is 0.123 e. The lowest BCUT2D eigenvalue weighted by atomic mass is 10.2. The van der Waals surface area contributed by atoms with Gasteiger partial charge in [0.25, 0.3) is 0 Å². The van der Waals surface area contributed by atoms with Crippen LogP contribution in [-0.2, 0) is 0 Å². The third-order valence-corrected chi connectivity index (χ3v) is 6.52. The quantitative estimate of drug-likeness (QED) is 0.720. The Labute approximate surface area is 115 Å². The molecule has 0 amide bonds. The zero-order valence-corrected chi connectivity index (χ0v) is 12.4. The number of rotatable bonds is 4. The Hall–Kier alpha value is -1.67. The summed E-state index contributed by atoms with van der Waals surface area (Å²) in [4.78, 5) is 0. The molecule has 2 aromatic carbocycles. The predicted molar refractivity (Wildman–Crippen MR) is 83.8 cm³/mol. The molecule has 0 aromatic heterocycles. The van der Waals surface area contributed by atoms with Gasteiger partial charge in [-0.05, 0) is 23.7 Å². The number of halogens is 1. The second kappa shape index (κ2) is 5.98. The Balaban J connectivity index is 2.05. The first-order chi connectivity index (χ1) is 9.08. The van der Waals surface area contributed by atoms with Gasteiger partial charge in [0.1, 0.15) is 5.82 Å². The molecule has 98 valence electrons. The molecule has 0 heterocycles. The molecule has 2 aromatic rings. The Morgan fingerprint density at radius 2 is 1.58 bits per heavy atom. The number of allylic oxidation sites excluding steroid dienone is 1. The SMILES string of the molecule is C[Si](C)(C/C=C/c1ccccc1)c1ccc(F)cc1. The van der Waals surface area contributed by atoms with E-state index in [1.54, 1.807) is 12.1 Å². The minimum Gasteiger partial charge on any atom is -0.207 e. The average molecular weight is 270 g/mol. The molecule has 0 aliphatic rings. The highest BCUT2D eigenvalue weighted by Crippen LogP contribution is 2.13. The molecule has 0 nitrogen and oxygen atoms in total. The van der Waals surface area contributed by atoms with Crippen molar-refractivity contribution >= 4 is 19.3 Å². The zero-order valence-electron chi connectivity index (χ0n) is 11.4. The lowest BCUT2D eigenvalue weighted by molar-refractivity contribution is 0.628. The molecule has 0 saturated carbocycles. The van der Waals surface area contributed by atoms with Gasteiger partial charge in [0.2, 0.25) is 0 Å². The summed E-state index contributed by atoms with van der Waals surface area (Å²) in [5.74, 6) is -0.159. The summed E-state index contributed by atoms with van der Waals surface area (Å²) in [5, 5.41) is 1.30. The van der Waals surface area contributed by atoms with Gasteiger partial charge < -0.3 is 0 Å². The van der Waals surface area contributed by atoms with E-state index >= 15 is 0 Å². The van der Waals surface area contributed by atoms with Crippen molar-refractivity contribution in [2.75, 3.05) is 0 Å². The smallest absolute Gasteiger partial charge is 0.123 e. The second-order valence-corrected chi connectivity index (χ2v) is 10.2. The van der Waals surface area contributed by atoms with Crippen LogP contribution in [0.25, 0.3) is 6.08 Å². The fourth-order valence-corrected chi connectivity index (χ4v) is 4.08. The van der Waals surface area contributed by atoms with E-state index in [-0.39, 0.29) is 5.82 Å². The van der Waals surface area contributed by atoms with Gasteiger partial charge in [0.15, 0.2) is 0 Å². The fraction of sp³-hybridized carbons (Fsp3) is 0.176. The summed E-state index contributed by atoms with van der Waals surface area (Å²) in [7, 11) is -1.51. The Bertz CT molecular complexity index is 541. The van der Waals surface area contributed by atoms with Crippen molar-refractivity contribution in [2.24, 2.45) is 0 Å². The summed E-state index contributed by atoms with van der Waals surface area (Å²) < 4.78 is 12.9. The van der Waals surface area contributed by atoms with Gasteiger partial charge in [0, 0.05) is 0 Å². The van der Waals surface area contributed by atoms with E-state index in [1.165, 1.54) is 10.8 Å². The third-order valence-electron chi connectivity index (χ3n) is 3.36. The van der Waals surface area contributed by atoms with Gasteiger partial charge in [-0.3, -0.25) is 0 Å². The van der Waals surface area contributed by atoms with E-state index in [4.69, 9.17) is 0 Å². The highest BCUT2D eigenvalue weighted by molar-refractivity contribution is 6.90. The van der Waals surface area contributed by atoms with E-state index in [9.17, 15) is 4.39 Å². The molecule has 2 heteroatoms. The molecule has 0 aliphatic carbocycles. The van der Waals surface area contributed by atoms with Crippen molar-refractivity contribution in [1.29, 1.82) is 0 Å². The lowest BCUT2D eigenvalue weighted by Gasteiger charge is -2.21. The topological polar surface area (TPSA) is 0 Å². The molecular formula is C17H19FSi. The van der Waals surface area contributed by atoms with Crippen molar-refractivity contribution < 1.29 is 4.39 Å². The van der Waals surface area contributed by atoms with Crippen LogP contribution in [0.4, 0.5) is 4.39 Å². The van der Waals surface area contributed by atoms with E-state index in [2.05, 4.69) is 37.4 Å². The van der Waals surface area contributed by atoms with Gasteiger partial charge in [0.05, 0.1) is 8.07 Å². The van der Waals surface area contributed by atoms with E-state index in [0.29, 0.717) is 0 Å². The van der Waals surface area contributed by atoms with E-state index in [1.807, 2.05) is 30.3 Å². The van der Waals surface area contributed by atoms with Crippen LogP contribution < -0.4 is 5.19 Å². The van der Waals surface area contributed by atoms with E-state index in [0.717, 1.165) is 6.04 Å². The minimum absolute atomic E-state index is 0.159. The summed E-state index contributed by atoms with van der Waals surface area (Å²) in [6.45, 7) is 4.63. The molecule has 0 aliphatic heterocycles. The largest absolute Gasteiger partial charge is 0.207 e. The first-order valence-corrected chi connectivity index (χ1v) is 9.76. The van der Waals surface area contributed by atoms with Crippen LogP contribution in [-0.4, -0.2) is 8.07 Å². The highest BCUT2D eigenvalue weighted by Gasteiger charge is 2.21. The Morgan fingerprint density at radius 3 is 2.21 bits per heavy atom. The number of benzene rings is 2. The number of hydrogen-bond acceptors (Lipinski definition) is 0. The zero-order chi connectivity index (χ0) is 13.7. The van der Waals surface area contributed by atoms with Gasteiger partial charge in [-0.2, -0.15) is 0 Å². The fourth-order valence-electron chi connectivity index (χ4n) is 2.07. The molecule has 0 unspecified atom stereocenters. The molecule has 19 heavy (non-hydrogen) atoms. The summed E-state index contributed by atoms with van der Waals surface area (Å²) >= 11 is 0. The Kier molecular flexibility index (Phi) is 4.33. The predicted octanol–water partition coefficient (Wildman–Crippen LogP) is 4.45. The van der Waals surface area contributed by atoms with Gasteiger partial charge in [-0.25, -0.2) is 4.39 Å². The molecule has 0 bridgehead atoms. The van der Waals surface area contributed by atoms with Gasteiger partial charge >= 0.3 is 0 Å². The van der Waals surface area contributed by atoms with Crippen LogP contribution in [0.1, 0.15) is 5.56 Å². The summed E-state index contributed by atoms with van der Waals surface area (Å²) in [6.07, 6.45) is 4.41. The first-order valence-electron chi connectivity index (χ1n) is 6.55. The van der Waals surface area contributed by atoms with Crippen LogP contribution in [0.15, 0.2) is 60.7 Å². The summed E-state index contributed by atoms with van der Waals surface area (Å²) in [6, 6.07) is 18.4. The highest BCUT2D eigenvalue weighted by atomic mass is 28.3.